The van der Waals surface area contributed by atoms with E-state index in [0.29, 0.717) is 11.3 Å². The Balaban J connectivity index is 1.96. The summed E-state index contributed by atoms with van der Waals surface area (Å²) in [7, 11) is 1.53. The molecule has 9 nitrogen and oxygen atoms in total. The van der Waals surface area contributed by atoms with E-state index in [1.807, 2.05) is 30.3 Å². The zero-order valence-electron chi connectivity index (χ0n) is 17.4. The van der Waals surface area contributed by atoms with E-state index in [0.717, 1.165) is 10.1 Å². The van der Waals surface area contributed by atoms with Crippen LogP contribution in [0.4, 0.5) is 0 Å². The summed E-state index contributed by atoms with van der Waals surface area (Å²) in [5, 5.41) is 18.6. The second-order valence-electron chi connectivity index (χ2n) is 7.22. The second kappa shape index (κ2) is 8.91. The highest BCUT2D eigenvalue weighted by Gasteiger charge is 2.22. The summed E-state index contributed by atoms with van der Waals surface area (Å²) in [6, 6.07) is 18.4. The summed E-state index contributed by atoms with van der Waals surface area (Å²) < 4.78 is 9.97. The molecule has 0 unspecified atom stereocenters. The van der Waals surface area contributed by atoms with Gasteiger partial charge in [0, 0.05) is 20.2 Å². The Morgan fingerprint density at radius 3 is 2.50 bits per heavy atom. The van der Waals surface area contributed by atoms with Crippen molar-refractivity contribution in [1.82, 2.24) is 18.7 Å². The molecule has 4 aromatic rings. The molecule has 4 rings (SSSR count). The predicted molar refractivity (Wildman–Crippen MR) is 118 cm³/mol. The van der Waals surface area contributed by atoms with Crippen molar-refractivity contribution in [3.05, 3.63) is 86.6 Å². The lowest BCUT2D eigenvalue weighted by Crippen LogP contribution is -2.39. The highest BCUT2D eigenvalue weighted by atomic mass is 16.5. The first-order valence-corrected chi connectivity index (χ1v) is 10.1. The Morgan fingerprint density at radius 2 is 1.78 bits per heavy atom. The van der Waals surface area contributed by atoms with Crippen molar-refractivity contribution in [1.29, 1.82) is 5.26 Å². The highest BCUT2D eigenvalue weighted by molar-refractivity contribution is 5.72. The van der Waals surface area contributed by atoms with Gasteiger partial charge in [-0.15, -0.1) is 0 Å². The molecule has 2 aromatic carbocycles. The number of aliphatic hydroxyl groups excluding tert-OH is 1. The third-order valence-electron chi connectivity index (χ3n) is 5.13. The molecule has 0 bridgehead atoms. The number of para-hydroxylation sites is 1. The van der Waals surface area contributed by atoms with Gasteiger partial charge in [-0.2, -0.15) is 10.2 Å². The van der Waals surface area contributed by atoms with Gasteiger partial charge in [0.1, 0.15) is 11.8 Å². The first kappa shape index (κ1) is 21.1. The van der Waals surface area contributed by atoms with Crippen molar-refractivity contribution in [3.8, 4) is 17.8 Å². The molecule has 0 fully saturated rings. The Labute approximate surface area is 183 Å². The van der Waals surface area contributed by atoms with Gasteiger partial charge < -0.3 is 9.84 Å². The molecule has 2 aromatic heterocycles. The first-order chi connectivity index (χ1) is 15.5. The van der Waals surface area contributed by atoms with E-state index in [1.54, 1.807) is 28.8 Å². The Morgan fingerprint density at radius 1 is 1.06 bits per heavy atom. The molecular weight excluding hydrogens is 410 g/mol. The van der Waals surface area contributed by atoms with Crippen LogP contribution in [0.2, 0.25) is 0 Å². The average molecular weight is 431 g/mol. The van der Waals surface area contributed by atoms with Gasteiger partial charge in [0.25, 0.3) is 5.56 Å². The van der Waals surface area contributed by atoms with Crippen molar-refractivity contribution < 1.29 is 9.84 Å². The quantitative estimate of drug-likeness (QED) is 0.479. The summed E-state index contributed by atoms with van der Waals surface area (Å²) in [6.07, 6.45) is 0.270. The van der Waals surface area contributed by atoms with Crippen LogP contribution in [0.3, 0.4) is 0 Å². The average Bonchev–Trinajstić information content (AvgIpc) is 3.16. The molecule has 0 spiro atoms. The van der Waals surface area contributed by atoms with Gasteiger partial charge in [0.2, 0.25) is 0 Å². The van der Waals surface area contributed by atoms with Crippen LogP contribution in [-0.2, 0) is 20.1 Å². The molecule has 1 N–H and O–H groups in total. The highest BCUT2D eigenvalue weighted by Crippen LogP contribution is 2.27. The van der Waals surface area contributed by atoms with Crippen LogP contribution < -0.4 is 16.0 Å². The molecule has 0 atom stereocenters. The lowest BCUT2D eigenvalue weighted by Gasteiger charge is -2.11. The van der Waals surface area contributed by atoms with Crippen molar-refractivity contribution in [2.75, 3.05) is 6.61 Å². The fourth-order valence-electron chi connectivity index (χ4n) is 3.51. The van der Waals surface area contributed by atoms with E-state index in [2.05, 4.69) is 11.1 Å². The third kappa shape index (κ3) is 3.79. The maximum absolute atomic E-state index is 13.3. The molecule has 0 saturated heterocycles. The number of aliphatic hydroxyl groups is 1. The van der Waals surface area contributed by atoms with Gasteiger partial charge in [-0.3, -0.25) is 18.5 Å². The number of fused-ring (bicyclic) bond motifs is 1. The number of hydrogen-bond acceptors (Lipinski definition) is 6. The van der Waals surface area contributed by atoms with Gasteiger partial charge >= 0.3 is 11.7 Å². The number of benzene rings is 2. The number of hydrogen-bond donors (Lipinski definition) is 1. The van der Waals surface area contributed by atoms with Crippen molar-refractivity contribution >= 4 is 11.2 Å². The molecule has 32 heavy (non-hydrogen) atoms. The topological polar surface area (TPSA) is 115 Å². The summed E-state index contributed by atoms with van der Waals surface area (Å²) >= 11 is 0. The largest absolute Gasteiger partial charge is 0.424 e. The van der Waals surface area contributed by atoms with Crippen LogP contribution in [0, 0.1) is 11.3 Å². The standard InChI is InChI=1S/C23H21N5O4/c1-26-20-19(21(30)27(23(26)31)12-7-13-29)28(15-16-8-3-2-4-9-16)22(25-20)32-18-11-6-5-10-17(18)14-24/h2-6,8-11,29H,7,12-13,15H2,1H3. The summed E-state index contributed by atoms with van der Waals surface area (Å²) in [5.41, 5.74) is 0.576. The number of rotatable bonds is 7. The lowest BCUT2D eigenvalue weighted by molar-refractivity contribution is 0.277. The zero-order valence-corrected chi connectivity index (χ0v) is 17.4. The molecule has 9 heteroatoms. The third-order valence-corrected chi connectivity index (χ3v) is 5.13. The zero-order chi connectivity index (χ0) is 22.7. The second-order valence-corrected chi connectivity index (χ2v) is 7.22. The van der Waals surface area contributed by atoms with Crippen LogP contribution in [0.25, 0.3) is 11.2 Å². The molecule has 0 aliphatic rings. The van der Waals surface area contributed by atoms with Crippen molar-refractivity contribution in [3.63, 3.8) is 0 Å². The molecule has 0 amide bonds. The number of nitrogens with zero attached hydrogens (tertiary/aromatic N) is 5. The Bertz CT molecular complexity index is 1430. The van der Waals surface area contributed by atoms with Crippen LogP contribution in [0.15, 0.2) is 64.2 Å². The number of aromatic nitrogens is 4. The van der Waals surface area contributed by atoms with Gasteiger partial charge in [-0.05, 0) is 24.1 Å². The Hall–Kier alpha value is -4.16. The summed E-state index contributed by atoms with van der Waals surface area (Å²) in [5.74, 6) is 0.297. The maximum atomic E-state index is 13.3. The van der Waals surface area contributed by atoms with Crippen molar-refractivity contribution in [2.45, 2.75) is 19.5 Å². The summed E-state index contributed by atoms with van der Waals surface area (Å²) in [4.78, 5) is 30.5. The fourth-order valence-corrected chi connectivity index (χ4v) is 3.51. The van der Waals surface area contributed by atoms with Crippen LogP contribution >= 0.6 is 0 Å². The SMILES string of the molecule is Cn1c(=O)n(CCCO)c(=O)c2c1nc(Oc1ccccc1C#N)n2Cc1ccccc1. The molecule has 0 saturated carbocycles. The minimum absolute atomic E-state index is 0.0852. The molecule has 0 aliphatic heterocycles. The van der Waals surface area contributed by atoms with E-state index in [1.165, 1.54) is 11.6 Å². The molecule has 162 valence electrons. The van der Waals surface area contributed by atoms with Gasteiger partial charge in [0.05, 0.1) is 12.1 Å². The number of imidazole rings is 1. The van der Waals surface area contributed by atoms with E-state index in [4.69, 9.17) is 4.74 Å². The van der Waals surface area contributed by atoms with E-state index >= 15 is 0 Å². The minimum atomic E-state index is -0.524. The fraction of sp³-hybridized carbons (Fsp3) is 0.217. The van der Waals surface area contributed by atoms with Gasteiger partial charge in [-0.25, -0.2) is 4.79 Å². The van der Waals surface area contributed by atoms with E-state index < -0.39 is 11.2 Å². The van der Waals surface area contributed by atoms with Crippen LogP contribution in [0.5, 0.6) is 11.8 Å². The molecule has 0 radical (unpaired) electrons. The van der Waals surface area contributed by atoms with Crippen LogP contribution in [0.1, 0.15) is 17.5 Å². The maximum Gasteiger partial charge on any atom is 0.332 e. The predicted octanol–water partition coefficient (Wildman–Crippen LogP) is 1.99. The lowest BCUT2D eigenvalue weighted by atomic mass is 10.2. The first-order valence-electron chi connectivity index (χ1n) is 10.1. The molecule has 0 aliphatic carbocycles. The van der Waals surface area contributed by atoms with Crippen molar-refractivity contribution in [2.24, 2.45) is 7.05 Å². The summed E-state index contributed by atoms with van der Waals surface area (Å²) in [6.45, 7) is 0.215. The normalized spacial score (nSPS) is 10.9. The van der Waals surface area contributed by atoms with Gasteiger partial charge in [-0.1, -0.05) is 42.5 Å². The van der Waals surface area contributed by atoms with Gasteiger partial charge in [0.15, 0.2) is 11.2 Å². The number of aryl methyl sites for hydroxylation is 1. The van der Waals surface area contributed by atoms with Crippen LogP contribution in [-0.4, -0.2) is 30.4 Å². The Kier molecular flexibility index (Phi) is 5.87. The smallest absolute Gasteiger partial charge is 0.332 e. The molecular formula is C23H21N5O4. The number of nitriles is 1. The van der Waals surface area contributed by atoms with E-state index in [-0.39, 0.29) is 43.3 Å². The number of ether oxygens (including phenoxy) is 1. The van der Waals surface area contributed by atoms with E-state index in [9.17, 15) is 20.0 Å². The monoisotopic (exact) mass is 431 g/mol. The molecule has 2 heterocycles. The minimum Gasteiger partial charge on any atom is -0.424 e.